The third-order valence-corrected chi connectivity index (χ3v) is 3.38. The molecule has 0 radical (unpaired) electrons. The lowest BCUT2D eigenvalue weighted by atomic mass is 9.97. The van der Waals surface area contributed by atoms with E-state index in [9.17, 15) is 4.79 Å². The van der Waals surface area contributed by atoms with Gasteiger partial charge in [0.25, 0.3) is 0 Å². The number of pyridine rings is 1. The highest BCUT2D eigenvalue weighted by molar-refractivity contribution is 5.74. The van der Waals surface area contributed by atoms with Gasteiger partial charge in [-0.25, -0.2) is 0 Å². The van der Waals surface area contributed by atoms with Crippen molar-refractivity contribution in [1.82, 2.24) is 4.98 Å². The van der Waals surface area contributed by atoms with Crippen molar-refractivity contribution in [3.05, 3.63) is 24.0 Å². The van der Waals surface area contributed by atoms with E-state index < -0.39 is 0 Å². The summed E-state index contributed by atoms with van der Waals surface area (Å²) in [7, 11) is 0. The van der Waals surface area contributed by atoms with Crippen molar-refractivity contribution < 1.29 is 4.79 Å². The van der Waals surface area contributed by atoms with Gasteiger partial charge in [-0.05, 0) is 45.2 Å². The van der Waals surface area contributed by atoms with E-state index in [-0.39, 0.29) is 0 Å². The van der Waals surface area contributed by atoms with Gasteiger partial charge in [0.2, 0.25) is 0 Å². The zero-order valence-corrected chi connectivity index (χ0v) is 9.89. The van der Waals surface area contributed by atoms with Crippen LogP contribution in [0.2, 0.25) is 0 Å². The zero-order valence-electron chi connectivity index (χ0n) is 9.89. The van der Waals surface area contributed by atoms with Gasteiger partial charge in [0.05, 0.1) is 0 Å². The molecule has 2 rings (SSSR count). The van der Waals surface area contributed by atoms with Gasteiger partial charge >= 0.3 is 0 Å². The van der Waals surface area contributed by atoms with Gasteiger partial charge in [0, 0.05) is 24.0 Å². The minimum Gasteiger partial charge on any atom is -0.366 e. The first-order chi connectivity index (χ1) is 7.72. The average molecular weight is 218 g/mol. The smallest absolute Gasteiger partial charge is 0.168 e. The molecular formula is C13H18N2O. The summed E-state index contributed by atoms with van der Waals surface area (Å²) in [5.74, 6) is 0. The maximum atomic E-state index is 10.7. The van der Waals surface area contributed by atoms with E-state index in [0.717, 1.165) is 12.0 Å². The van der Waals surface area contributed by atoms with Crippen molar-refractivity contribution >= 4 is 12.0 Å². The van der Waals surface area contributed by atoms with E-state index in [0.29, 0.717) is 17.8 Å². The lowest BCUT2D eigenvalue weighted by Crippen LogP contribution is -2.43. The second kappa shape index (κ2) is 4.64. The Labute approximate surface area is 96.5 Å². The Morgan fingerprint density at radius 1 is 1.38 bits per heavy atom. The van der Waals surface area contributed by atoms with Gasteiger partial charge in [-0.15, -0.1) is 0 Å². The maximum Gasteiger partial charge on any atom is 0.168 e. The Morgan fingerprint density at radius 3 is 2.69 bits per heavy atom. The molecule has 1 aliphatic heterocycles. The fourth-order valence-electron chi connectivity index (χ4n) is 2.59. The van der Waals surface area contributed by atoms with Crippen LogP contribution in [0.5, 0.6) is 0 Å². The predicted molar refractivity (Wildman–Crippen MR) is 64.9 cm³/mol. The van der Waals surface area contributed by atoms with Crippen LogP contribution in [0.15, 0.2) is 18.3 Å². The van der Waals surface area contributed by atoms with Crippen molar-refractivity contribution in [2.45, 2.75) is 45.2 Å². The van der Waals surface area contributed by atoms with Crippen LogP contribution < -0.4 is 4.90 Å². The maximum absolute atomic E-state index is 10.7. The fourth-order valence-corrected chi connectivity index (χ4v) is 2.59. The number of piperidine rings is 1. The topological polar surface area (TPSA) is 33.2 Å². The van der Waals surface area contributed by atoms with Gasteiger partial charge in [-0.3, -0.25) is 9.78 Å². The first kappa shape index (κ1) is 11.1. The molecule has 1 fully saturated rings. The van der Waals surface area contributed by atoms with Crippen LogP contribution in [0.3, 0.4) is 0 Å². The molecule has 2 unspecified atom stereocenters. The fraction of sp³-hybridized carbons (Fsp3) is 0.538. The molecule has 3 nitrogen and oxygen atoms in total. The Morgan fingerprint density at radius 2 is 2.06 bits per heavy atom. The lowest BCUT2D eigenvalue weighted by molar-refractivity contribution is 0.111. The predicted octanol–water partition coefficient (Wildman–Crippen LogP) is 2.66. The second-order valence-corrected chi connectivity index (χ2v) is 4.59. The zero-order chi connectivity index (χ0) is 11.5. The standard InChI is InChI=1S/C13H18N2O/c1-10-4-3-5-11(2)15(10)13-6-7-14-12(8-13)9-16/h6-11H,3-5H2,1-2H3. The molecule has 0 saturated carbocycles. The molecule has 0 aromatic carbocycles. The summed E-state index contributed by atoms with van der Waals surface area (Å²) in [6, 6.07) is 4.97. The summed E-state index contributed by atoms with van der Waals surface area (Å²) in [5.41, 5.74) is 1.64. The van der Waals surface area contributed by atoms with Gasteiger partial charge < -0.3 is 4.90 Å². The summed E-state index contributed by atoms with van der Waals surface area (Å²) in [4.78, 5) is 17.1. The van der Waals surface area contributed by atoms with Crippen molar-refractivity contribution in [2.24, 2.45) is 0 Å². The summed E-state index contributed by atoms with van der Waals surface area (Å²) in [5, 5.41) is 0. The number of hydrogen-bond acceptors (Lipinski definition) is 3. The molecule has 86 valence electrons. The average Bonchev–Trinajstić information content (AvgIpc) is 2.29. The highest BCUT2D eigenvalue weighted by atomic mass is 16.1. The van der Waals surface area contributed by atoms with E-state index in [1.807, 2.05) is 12.1 Å². The second-order valence-electron chi connectivity index (χ2n) is 4.59. The van der Waals surface area contributed by atoms with Crippen LogP contribution in [0.25, 0.3) is 0 Å². The van der Waals surface area contributed by atoms with Gasteiger partial charge in [-0.2, -0.15) is 0 Å². The van der Waals surface area contributed by atoms with E-state index >= 15 is 0 Å². The molecule has 0 amide bonds. The van der Waals surface area contributed by atoms with Crippen molar-refractivity contribution in [3.8, 4) is 0 Å². The van der Waals surface area contributed by atoms with Crippen LogP contribution >= 0.6 is 0 Å². The Hall–Kier alpha value is -1.38. The molecule has 0 spiro atoms. The highest BCUT2D eigenvalue weighted by Gasteiger charge is 2.24. The van der Waals surface area contributed by atoms with Gasteiger partial charge in [0.15, 0.2) is 6.29 Å². The molecule has 2 atom stereocenters. The first-order valence-corrected chi connectivity index (χ1v) is 5.92. The number of carbonyl (C=O) groups is 1. The number of hydrogen-bond donors (Lipinski definition) is 0. The monoisotopic (exact) mass is 218 g/mol. The summed E-state index contributed by atoms with van der Waals surface area (Å²) in [6.45, 7) is 4.49. The van der Waals surface area contributed by atoms with E-state index in [2.05, 4.69) is 23.7 Å². The van der Waals surface area contributed by atoms with Crippen molar-refractivity contribution in [1.29, 1.82) is 0 Å². The van der Waals surface area contributed by atoms with E-state index in [1.54, 1.807) is 6.20 Å². The van der Waals surface area contributed by atoms with Crippen LogP contribution in [-0.4, -0.2) is 23.4 Å². The highest BCUT2D eigenvalue weighted by Crippen LogP contribution is 2.28. The molecule has 0 bridgehead atoms. The number of aldehydes is 1. The number of nitrogens with zero attached hydrogens (tertiary/aromatic N) is 2. The molecule has 1 saturated heterocycles. The van der Waals surface area contributed by atoms with Crippen LogP contribution in [0.1, 0.15) is 43.6 Å². The molecule has 0 aliphatic carbocycles. The largest absolute Gasteiger partial charge is 0.366 e. The molecule has 16 heavy (non-hydrogen) atoms. The molecule has 1 aromatic rings. The number of anilines is 1. The quantitative estimate of drug-likeness (QED) is 0.715. The van der Waals surface area contributed by atoms with E-state index in [1.165, 1.54) is 19.3 Å². The molecule has 2 heterocycles. The minimum absolute atomic E-state index is 0.516. The summed E-state index contributed by atoms with van der Waals surface area (Å²) >= 11 is 0. The van der Waals surface area contributed by atoms with E-state index in [4.69, 9.17) is 0 Å². The molecule has 0 N–H and O–H groups in total. The van der Waals surface area contributed by atoms with Crippen LogP contribution in [0.4, 0.5) is 5.69 Å². The number of aromatic nitrogens is 1. The Bertz CT molecular complexity index is 368. The van der Waals surface area contributed by atoms with Gasteiger partial charge in [0.1, 0.15) is 5.69 Å². The van der Waals surface area contributed by atoms with Crippen LogP contribution in [-0.2, 0) is 0 Å². The Balaban J connectivity index is 2.29. The number of carbonyl (C=O) groups excluding carboxylic acids is 1. The molecular weight excluding hydrogens is 200 g/mol. The Kier molecular flexibility index (Phi) is 3.22. The SMILES string of the molecule is CC1CCCC(C)N1c1ccnc(C=O)c1. The minimum atomic E-state index is 0.516. The normalized spacial score (nSPS) is 25.5. The first-order valence-electron chi connectivity index (χ1n) is 5.92. The van der Waals surface area contributed by atoms with Gasteiger partial charge in [-0.1, -0.05) is 0 Å². The summed E-state index contributed by atoms with van der Waals surface area (Å²) in [6.07, 6.45) is 6.27. The molecule has 3 heteroatoms. The summed E-state index contributed by atoms with van der Waals surface area (Å²) < 4.78 is 0. The van der Waals surface area contributed by atoms with Crippen molar-refractivity contribution in [3.63, 3.8) is 0 Å². The lowest BCUT2D eigenvalue weighted by Gasteiger charge is -2.41. The molecule has 1 aliphatic rings. The molecule has 1 aromatic heterocycles. The third kappa shape index (κ3) is 2.08. The third-order valence-electron chi connectivity index (χ3n) is 3.38. The number of rotatable bonds is 2. The van der Waals surface area contributed by atoms with Crippen LogP contribution in [0, 0.1) is 0 Å². The van der Waals surface area contributed by atoms with Crippen molar-refractivity contribution in [2.75, 3.05) is 4.90 Å².